The number of hydrogen-bond acceptors (Lipinski definition) is 3. The zero-order valence-corrected chi connectivity index (χ0v) is 7.42. The lowest BCUT2D eigenvalue weighted by atomic mass is 10.4. The predicted molar refractivity (Wildman–Crippen MR) is 45.8 cm³/mol. The van der Waals surface area contributed by atoms with Crippen LogP contribution >= 0.6 is 0 Å². The number of aryl methyl sites for hydroxylation is 2. The third-order valence-corrected chi connectivity index (χ3v) is 1.47. The molecule has 0 aromatic carbocycles. The molecule has 0 unspecified atom stereocenters. The van der Waals surface area contributed by atoms with E-state index in [1.54, 1.807) is 6.20 Å². The molecule has 0 atom stereocenters. The Bertz CT molecular complexity index is 256. The normalized spacial score (nSPS) is 9.82. The molecule has 0 N–H and O–H groups in total. The summed E-state index contributed by atoms with van der Waals surface area (Å²) in [5, 5.41) is 0. The monoisotopic (exact) mass is 151 g/mol. The van der Waals surface area contributed by atoms with Gasteiger partial charge in [0, 0.05) is 20.3 Å². The molecule has 0 spiro atoms. The summed E-state index contributed by atoms with van der Waals surface area (Å²) in [6.45, 7) is 3.90. The fourth-order valence-corrected chi connectivity index (χ4v) is 0.948. The summed E-state index contributed by atoms with van der Waals surface area (Å²) in [5.41, 5.74) is 1.93. The lowest BCUT2D eigenvalue weighted by Crippen LogP contribution is -2.13. The first-order valence-corrected chi connectivity index (χ1v) is 3.59. The van der Waals surface area contributed by atoms with E-state index in [1.807, 2.05) is 32.8 Å². The highest BCUT2D eigenvalue weighted by Gasteiger charge is 2.02. The van der Waals surface area contributed by atoms with Crippen LogP contribution in [0.5, 0.6) is 0 Å². The van der Waals surface area contributed by atoms with E-state index in [0.29, 0.717) is 0 Å². The molecule has 0 fully saturated rings. The lowest BCUT2D eigenvalue weighted by Gasteiger charge is -2.13. The first-order valence-electron chi connectivity index (χ1n) is 3.59. The van der Waals surface area contributed by atoms with Crippen molar-refractivity contribution in [2.45, 2.75) is 13.8 Å². The van der Waals surface area contributed by atoms with E-state index in [2.05, 4.69) is 9.97 Å². The molecule has 1 rings (SSSR count). The minimum Gasteiger partial charge on any atom is -0.361 e. The van der Waals surface area contributed by atoms with Crippen molar-refractivity contribution in [3.8, 4) is 0 Å². The molecule has 1 heterocycles. The van der Waals surface area contributed by atoms with E-state index < -0.39 is 0 Å². The van der Waals surface area contributed by atoms with Crippen LogP contribution in [0.4, 0.5) is 5.82 Å². The summed E-state index contributed by atoms with van der Waals surface area (Å²) in [6, 6.07) is 0. The van der Waals surface area contributed by atoms with Gasteiger partial charge in [-0.2, -0.15) is 0 Å². The third-order valence-electron chi connectivity index (χ3n) is 1.47. The van der Waals surface area contributed by atoms with Crippen LogP contribution in [0.2, 0.25) is 0 Å². The Morgan fingerprint density at radius 2 is 1.91 bits per heavy atom. The maximum Gasteiger partial charge on any atom is 0.149 e. The summed E-state index contributed by atoms with van der Waals surface area (Å²) in [4.78, 5) is 10.5. The van der Waals surface area contributed by atoms with Crippen molar-refractivity contribution in [1.29, 1.82) is 0 Å². The molecule has 0 aliphatic carbocycles. The largest absolute Gasteiger partial charge is 0.361 e. The summed E-state index contributed by atoms with van der Waals surface area (Å²) >= 11 is 0. The molecular formula is C8H13N3. The zero-order chi connectivity index (χ0) is 8.43. The lowest BCUT2D eigenvalue weighted by molar-refractivity contribution is 0.978. The molecule has 1 aromatic heterocycles. The van der Waals surface area contributed by atoms with Crippen molar-refractivity contribution >= 4 is 5.82 Å². The second-order valence-electron chi connectivity index (χ2n) is 2.81. The second kappa shape index (κ2) is 2.86. The third kappa shape index (κ3) is 1.67. The molecule has 0 bridgehead atoms. The van der Waals surface area contributed by atoms with Gasteiger partial charge in [0.25, 0.3) is 0 Å². The van der Waals surface area contributed by atoms with Crippen LogP contribution in [0.25, 0.3) is 0 Å². The fourth-order valence-electron chi connectivity index (χ4n) is 0.948. The average molecular weight is 151 g/mol. The van der Waals surface area contributed by atoms with Gasteiger partial charge in [-0.05, 0) is 13.8 Å². The van der Waals surface area contributed by atoms with Gasteiger partial charge < -0.3 is 4.90 Å². The molecule has 0 aliphatic heterocycles. The first kappa shape index (κ1) is 7.98. The Balaban J connectivity index is 3.13. The summed E-state index contributed by atoms with van der Waals surface area (Å²) in [5.74, 6) is 0.949. The minimum atomic E-state index is 0.949. The predicted octanol–water partition coefficient (Wildman–Crippen LogP) is 1.16. The Hall–Kier alpha value is -1.12. The van der Waals surface area contributed by atoms with E-state index in [4.69, 9.17) is 0 Å². The van der Waals surface area contributed by atoms with Crippen molar-refractivity contribution < 1.29 is 0 Å². The molecule has 0 aliphatic rings. The van der Waals surface area contributed by atoms with Crippen molar-refractivity contribution in [3.63, 3.8) is 0 Å². The molecule has 11 heavy (non-hydrogen) atoms. The van der Waals surface area contributed by atoms with Crippen LogP contribution in [0.15, 0.2) is 6.20 Å². The molecule has 3 heteroatoms. The van der Waals surface area contributed by atoms with Crippen LogP contribution in [-0.2, 0) is 0 Å². The van der Waals surface area contributed by atoms with E-state index in [-0.39, 0.29) is 0 Å². The number of anilines is 1. The Labute approximate surface area is 67.1 Å². The fraction of sp³-hybridized carbons (Fsp3) is 0.500. The molecular weight excluding hydrogens is 138 g/mol. The van der Waals surface area contributed by atoms with E-state index in [9.17, 15) is 0 Å². The smallest absolute Gasteiger partial charge is 0.149 e. The number of rotatable bonds is 1. The van der Waals surface area contributed by atoms with Gasteiger partial charge in [0.05, 0.1) is 11.4 Å². The number of nitrogens with zero attached hydrogens (tertiary/aromatic N) is 3. The van der Waals surface area contributed by atoms with Crippen LogP contribution in [0.1, 0.15) is 11.4 Å². The van der Waals surface area contributed by atoms with E-state index in [1.165, 1.54) is 0 Å². The highest BCUT2D eigenvalue weighted by Crippen LogP contribution is 2.10. The first-order chi connectivity index (χ1) is 5.11. The SMILES string of the molecule is Cc1cnc(C)c(N(C)C)n1. The van der Waals surface area contributed by atoms with Gasteiger partial charge in [-0.25, -0.2) is 4.98 Å². The van der Waals surface area contributed by atoms with E-state index in [0.717, 1.165) is 17.2 Å². The topological polar surface area (TPSA) is 29.0 Å². The highest BCUT2D eigenvalue weighted by molar-refractivity contribution is 5.40. The van der Waals surface area contributed by atoms with Gasteiger partial charge in [-0.1, -0.05) is 0 Å². The maximum atomic E-state index is 4.34. The Kier molecular flexibility index (Phi) is 2.08. The van der Waals surface area contributed by atoms with Gasteiger partial charge in [0.2, 0.25) is 0 Å². The van der Waals surface area contributed by atoms with Gasteiger partial charge >= 0.3 is 0 Å². The van der Waals surface area contributed by atoms with Gasteiger partial charge in [0.15, 0.2) is 0 Å². The average Bonchev–Trinajstić information content (AvgIpc) is 1.94. The van der Waals surface area contributed by atoms with Crippen LogP contribution in [-0.4, -0.2) is 24.1 Å². The zero-order valence-electron chi connectivity index (χ0n) is 7.42. The highest BCUT2D eigenvalue weighted by atomic mass is 15.1. The quantitative estimate of drug-likeness (QED) is 0.603. The molecule has 1 aromatic rings. The molecule has 0 saturated carbocycles. The Morgan fingerprint density at radius 3 is 2.36 bits per heavy atom. The number of hydrogen-bond donors (Lipinski definition) is 0. The van der Waals surface area contributed by atoms with E-state index >= 15 is 0 Å². The summed E-state index contributed by atoms with van der Waals surface area (Å²) < 4.78 is 0. The number of aromatic nitrogens is 2. The van der Waals surface area contributed by atoms with Crippen LogP contribution in [0.3, 0.4) is 0 Å². The standard InChI is InChI=1S/C8H13N3/c1-6-5-9-7(2)8(10-6)11(3)4/h5H,1-4H3. The molecule has 60 valence electrons. The maximum absolute atomic E-state index is 4.34. The van der Waals surface area contributed by atoms with Crippen molar-refractivity contribution in [2.24, 2.45) is 0 Å². The molecule has 0 amide bonds. The summed E-state index contributed by atoms with van der Waals surface area (Å²) in [7, 11) is 3.94. The van der Waals surface area contributed by atoms with Crippen molar-refractivity contribution in [2.75, 3.05) is 19.0 Å². The molecule has 3 nitrogen and oxygen atoms in total. The van der Waals surface area contributed by atoms with Gasteiger partial charge in [-0.3, -0.25) is 4.98 Å². The van der Waals surface area contributed by atoms with Crippen molar-refractivity contribution in [3.05, 3.63) is 17.6 Å². The molecule has 0 saturated heterocycles. The molecule has 0 radical (unpaired) electrons. The summed E-state index contributed by atoms with van der Waals surface area (Å²) in [6.07, 6.45) is 1.78. The van der Waals surface area contributed by atoms with Crippen LogP contribution in [0, 0.1) is 13.8 Å². The Morgan fingerprint density at radius 1 is 1.27 bits per heavy atom. The van der Waals surface area contributed by atoms with Crippen molar-refractivity contribution in [1.82, 2.24) is 9.97 Å². The second-order valence-corrected chi connectivity index (χ2v) is 2.81. The van der Waals surface area contributed by atoms with Gasteiger partial charge in [0.1, 0.15) is 5.82 Å². The minimum absolute atomic E-state index is 0.949. The van der Waals surface area contributed by atoms with Crippen LogP contribution < -0.4 is 4.90 Å². The van der Waals surface area contributed by atoms with Gasteiger partial charge in [-0.15, -0.1) is 0 Å².